The van der Waals surface area contributed by atoms with E-state index in [4.69, 9.17) is 0 Å². The number of rotatable bonds is 3. The highest BCUT2D eigenvalue weighted by Gasteiger charge is 2.01. The number of nitrogens with one attached hydrogen (secondary N) is 1. The Morgan fingerprint density at radius 3 is 3.15 bits per heavy atom. The molecule has 8 heteroatoms. The van der Waals surface area contributed by atoms with E-state index in [1.807, 2.05) is 0 Å². The van der Waals surface area contributed by atoms with Gasteiger partial charge < -0.3 is 5.32 Å². The van der Waals surface area contributed by atoms with Crippen molar-refractivity contribution in [3.05, 3.63) is 11.1 Å². The fourth-order valence-corrected chi connectivity index (χ4v) is 1.24. The minimum absolute atomic E-state index is 0.633. The Kier molecular flexibility index (Phi) is 2.13. The molecule has 0 aliphatic rings. The lowest BCUT2D eigenvalue weighted by atomic mass is 10.5. The number of aromatic nitrogens is 6. The van der Waals surface area contributed by atoms with E-state index in [9.17, 15) is 0 Å². The molecule has 13 heavy (non-hydrogen) atoms. The van der Waals surface area contributed by atoms with Gasteiger partial charge in [0.05, 0.1) is 17.6 Å². The SMILES string of the molecule is Cn1nnnc1NCc1cnns1. The molecule has 68 valence electrons. The molecule has 0 amide bonds. The summed E-state index contributed by atoms with van der Waals surface area (Å²) in [5.74, 6) is 0.633. The lowest BCUT2D eigenvalue weighted by molar-refractivity contribution is 0.712. The summed E-state index contributed by atoms with van der Waals surface area (Å²) in [7, 11) is 1.77. The Balaban J connectivity index is 1.97. The maximum Gasteiger partial charge on any atom is 0.242 e. The van der Waals surface area contributed by atoms with Gasteiger partial charge in [-0.05, 0) is 22.0 Å². The second-order valence-corrected chi connectivity index (χ2v) is 3.23. The van der Waals surface area contributed by atoms with Crippen LogP contribution in [-0.4, -0.2) is 29.8 Å². The zero-order chi connectivity index (χ0) is 9.10. The molecule has 0 aliphatic heterocycles. The summed E-state index contributed by atoms with van der Waals surface area (Å²) in [5.41, 5.74) is 0. The molecule has 0 aliphatic carbocycles. The molecular weight excluding hydrogens is 190 g/mol. The van der Waals surface area contributed by atoms with Crippen LogP contribution < -0.4 is 5.32 Å². The Bertz CT molecular complexity index is 366. The molecule has 1 N–H and O–H groups in total. The van der Waals surface area contributed by atoms with Crippen molar-refractivity contribution in [2.24, 2.45) is 7.05 Å². The van der Waals surface area contributed by atoms with Gasteiger partial charge in [0.25, 0.3) is 0 Å². The van der Waals surface area contributed by atoms with Crippen LogP contribution in [0.25, 0.3) is 0 Å². The third-order valence-electron chi connectivity index (χ3n) is 1.45. The maximum atomic E-state index is 3.77. The Morgan fingerprint density at radius 1 is 1.62 bits per heavy atom. The summed E-state index contributed by atoms with van der Waals surface area (Å²) >= 11 is 1.35. The van der Waals surface area contributed by atoms with Gasteiger partial charge in [-0.15, -0.1) is 5.10 Å². The van der Waals surface area contributed by atoms with E-state index in [0.29, 0.717) is 12.5 Å². The molecule has 0 fully saturated rings. The van der Waals surface area contributed by atoms with Gasteiger partial charge in [0.15, 0.2) is 0 Å². The molecule has 0 atom stereocenters. The quantitative estimate of drug-likeness (QED) is 0.725. The second-order valence-electron chi connectivity index (χ2n) is 2.36. The zero-order valence-corrected chi connectivity index (χ0v) is 7.69. The number of hydrogen-bond donors (Lipinski definition) is 1. The third kappa shape index (κ3) is 1.78. The Morgan fingerprint density at radius 2 is 2.54 bits per heavy atom. The Hall–Kier alpha value is -1.57. The van der Waals surface area contributed by atoms with Crippen LogP contribution in [0.3, 0.4) is 0 Å². The molecule has 2 aromatic rings. The summed E-state index contributed by atoms with van der Waals surface area (Å²) in [4.78, 5) is 1.04. The lowest BCUT2D eigenvalue weighted by Gasteiger charge is -1.99. The van der Waals surface area contributed by atoms with E-state index in [0.717, 1.165) is 4.88 Å². The molecule has 2 aromatic heterocycles. The molecule has 0 saturated heterocycles. The number of anilines is 1. The largest absolute Gasteiger partial charge is 0.348 e. The van der Waals surface area contributed by atoms with Crippen LogP contribution in [0, 0.1) is 0 Å². The topological polar surface area (TPSA) is 81.4 Å². The van der Waals surface area contributed by atoms with Crippen LogP contribution in [0.5, 0.6) is 0 Å². The van der Waals surface area contributed by atoms with Crippen LogP contribution in [0.4, 0.5) is 5.95 Å². The fraction of sp³-hybridized carbons (Fsp3) is 0.400. The predicted octanol–water partition coefficient (Wildman–Crippen LogP) is -0.326. The lowest BCUT2D eigenvalue weighted by Crippen LogP contribution is -2.04. The zero-order valence-electron chi connectivity index (χ0n) is 6.88. The average molecular weight is 197 g/mol. The maximum absolute atomic E-state index is 3.77. The van der Waals surface area contributed by atoms with Crippen molar-refractivity contribution in [2.45, 2.75) is 6.54 Å². The van der Waals surface area contributed by atoms with Crippen LogP contribution in [-0.2, 0) is 13.6 Å². The molecule has 0 aromatic carbocycles. The van der Waals surface area contributed by atoms with Crippen molar-refractivity contribution in [1.29, 1.82) is 0 Å². The molecular formula is C5H7N7S. The molecule has 0 radical (unpaired) electrons. The van der Waals surface area contributed by atoms with Crippen molar-refractivity contribution in [1.82, 2.24) is 29.8 Å². The first-order valence-corrected chi connectivity index (χ1v) is 4.36. The normalized spacial score (nSPS) is 10.2. The number of tetrazole rings is 1. The summed E-state index contributed by atoms with van der Waals surface area (Å²) in [6.07, 6.45) is 1.71. The van der Waals surface area contributed by atoms with Crippen LogP contribution in [0.2, 0.25) is 0 Å². The van der Waals surface area contributed by atoms with Crippen molar-refractivity contribution < 1.29 is 0 Å². The molecule has 0 bridgehead atoms. The molecule has 7 nitrogen and oxygen atoms in total. The molecule has 0 spiro atoms. The van der Waals surface area contributed by atoms with E-state index in [1.165, 1.54) is 11.5 Å². The van der Waals surface area contributed by atoms with Crippen molar-refractivity contribution in [3.63, 3.8) is 0 Å². The van der Waals surface area contributed by atoms with Gasteiger partial charge in [-0.1, -0.05) is 9.59 Å². The molecule has 0 unspecified atom stereocenters. The predicted molar refractivity (Wildman–Crippen MR) is 46.0 cm³/mol. The van der Waals surface area contributed by atoms with E-state index in [1.54, 1.807) is 17.9 Å². The molecule has 2 rings (SSSR count). The van der Waals surface area contributed by atoms with Gasteiger partial charge in [-0.25, -0.2) is 4.68 Å². The summed E-state index contributed by atoms with van der Waals surface area (Å²) in [6, 6.07) is 0. The van der Waals surface area contributed by atoms with E-state index >= 15 is 0 Å². The smallest absolute Gasteiger partial charge is 0.242 e. The fourth-order valence-electron chi connectivity index (χ4n) is 0.811. The second kappa shape index (κ2) is 3.44. The van der Waals surface area contributed by atoms with E-state index < -0.39 is 0 Å². The van der Waals surface area contributed by atoms with Crippen molar-refractivity contribution >= 4 is 17.5 Å². The highest BCUT2D eigenvalue weighted by molar-refractivity contribution is 7.05. The Labute approximate surface area is 77.9 Å². The third-order valence-corrected chi connectivity index (χ3v) is 2.11. The molecule has 0 saturated carbocycles. The molecule has 2 heterocycles. The van der Waals surface area contributed by atoms with Gasteiger partial charge in [-0.2, -0.15) is 0 Å². The standard InChI is InChI=1S/C5H7N7S/c1-12-5(8-9-10-12)6-2-4-3-7-11-13-4/h3H,2H2,1H3,(H,6,8,10). The minimum atomic E-state index is 0.633. The van der Waals surface area contributed by atoms with Gasteiger partial charge >= 0.3 is 0 Å². The summed E-state index contributed by atoms with van der Waals surface area (Å²) in [6.45, 7) is 0.645. The van der Waals surface area contributed by atoms with Crippen LogP contribution in [0.1, 0.15) is 4.88 Å². The van der Waals surface area contributed by atoms with Crippen LogP contribution in [0.15, 0.2) is 6.20 Å². The van der Waals surface area contributed by atoms with Gasteiger partial charge in [-0.3, -0.25) is 0 Å². The van der Waals surface area contributed by atoms with Crippen molar-refractivity contribution in [3.8, 4) is 0 Å². The first kappa shape index (κ1) is 8.05. The van der Waals surface area contributed by atoms with Crippen LogP contribution >= 0.6 is 11.5 Å². The monoisotopic (exact) mass is 197 g/mol. The van der Waals surface area contributed by atoms with E-state index in [2.05, 4.69) is 30.4 Å². The first-order valence-electron chi connectivity index (χ1n) is 3.59. The van der Waals surface area contributed by atoms with Gasteiger partial charge in [0, 0.05) is 7.05 Å². The van der Waals surface area contributed by atoms with Crippen molar-refractivity contribution in [2.75, 3.05) is 5.32 Å². The number of nitrogens with zero attached hydrogens (tertiary/aromatic N) is 6. The van der Waals surface area contributed by atoms with E-state index in [-0.39, 0.29) is 0 Å². The highest BCUT2D eigenvalue weighted by Crippen LogP contribution is 2.04. The number of aryl methyl sites for hydroxylation is 1. The average Bonchev–Trinajstić information content (AvgIpc) is 2.72. The summed E-state index contributed by atoms with van der Waals surface area (Å²) < 4.78 is 5.30. The first-order chi connectivity index (χ1) is 6.36. The highest BCUT2D eigenvalue weighted by atomic mass is 32.1. The summed E-state index contributed by atoms with van der Waals surface area (Å²) in [5, 5.41) is 17.7. The minimum Gasteiger partial charge on any atom is -0.348 e. The number of hydrogen-bond acceptors (Lipinski definition) is 7. The van der Waals surface area contributed by atoms with Gasteiger partial charge in [0.2, 0.25) is 5.95 Å². The van der Waals surface area contributed by atoms with Gasteiger partial charge in [0.1, 0.15) is 0 Å².